The van der Waals surface area contributed by atoms with Crippen LogP contribution in [0.1, 0.15) is 77.6 Å². The largest absolute Gasteiger partial charge is 0.165 e. The zero-order valence-corrected chi connectivity index (χ0v) is 32.4. The maximum Gasteiger partial charge on any atom is -0.0370 e. The molecule has 0 heterocycles. The van der Waals surface area contributed by atoms with Crippen LogP contribution in [0.25, 0.3) is 43.1 Å². The van der Waals surface area contributed by atoms with Gasteiger partial charge in [0.15, 0.2) is 0 Å². The third-order valence-corrected chi connectivity index (χ3v) is 8.19. The van der Waals surface area contributed by atoms with Crippen LogP contribution in [0, 0.1) is 13.8 Å². The fraction of sp³-hybridized carbons (Fsp3) is 0.267. The van der Waals surface area contributed by atoms with E-state index in [9.17, 15) is 5.11 Å². The Balaban J connectivity index is 0.000000151. The van der Waals surface area contributed by atoms with Crippen LogP contribution >= 0.6 is 0 Å². The molecule has 0 spiro atoms. The Labute approximate surface area is 297 Å². The van der Waals surface area contributed by atoms with Crippen LogP contribution < -0.4 is 0 Å². The van der Waals surface area contributed by atoms with E-state index in [-0.39, 0.29) is 10.8 Å². The van der Waals surface area contributed by atoms with Gasteiger partial charge < -0.3 is 5.11 Å². The van der Waals surface area contributed by atoms with Gasteiger partial charge in [-0.1, -0.05) is 139 Å². The average Bonchev–Trinajstić information content (AvgIpc) is 3.58. The Morgan fingerprint density at radius 3 is 1.38 bits per heavy atom. The number of aromatic hydroxyl groups is 1. The quantitative estimate of drug-likeness (QED) is 0.156. The molecule has 2 heteroatoms. The second kappa shape index (κ2) is 15.1. The van der Waals surface area contributed by atoms with Crippen LogP contribution in [0.5, 0.6) is 5.75 Å². The summed E-state index contributed by atoms with van der Waals surface area (Å²) in [4.78, 5) is 0. The van der Waals surface area contributed by atoms with Gasteiger partial charge in [0.05, 0.1) is 0 Å². The molecule has 0 unspecified atom stereocenters. The predicted molar refractivity (Wildman–Crippen MR) is 205 cm³/mol. The van der Waals surface area contributed by atoms with Crippen molar-refractivity contribution in [2.24, 2.45) is 0 Å². The van der Waals surface area contributed by atoms with E-state index in [1.165, 1.54) is 63.0 Å². The van der Waals surface area contributed by atoms with Crippen LogP contribution in [0.3, 0.4) is 0 Å². The van der Waals surface area contributed by atoms with Crippen molar-refractivity contribution < 1.29 is 29.3 Å². The van der Waals surface area contributed by atoms with Crippen molar-refractivity contribution in [1.29, 1.82) is 0 Å². The third-order valence-electron chi connectivity index (χ3n) is 8.19. The first kappa shape index (κ1) is 36.2. The van der Waals surface area contributed by atoms with Crippen LogP contribution in [-0.2, 0) is 35.1 Å². The molecule has 0 aliphatic heterocycles. The number of benzene rings is 5. The fourth-order valence-electron chi connectivity index (χ4n) is 5.83. The number of rotatable bonds is 0. The number of aryl methyl sites for hydroxylation is 2. The zero-order valence-electron chi connectivity index (χ0n) is 29.9. The van der Waals surface area contributed by atoms with E-state index >= 15 is 0 Å². The molecule has 0 aliphatic rings. The van der Waals surface area contributed by atoms with Gasteiger partial charge in [0, 0.05) is 0 Å². The van der Waals surface area contributed by atoms with Crippen LogP contribution in [0.4, 0.5) is 0 Å². The Morgan fingerprint density at radius 2 is 0.979 bits per heavy atom. The first-order chi connectivity index (χ1) is 22.0. The summed E-state index contributed by atoms with van der Waals surface area (Å²) >= 11 is 1.55. The number of hydrogen-bond acceptors (Lipinski definition) is 1. The monoisotopic (exact) mass is 696 g/mol. The molecular weight excluding hydrogens is 648 g/mol. The van der Waals surface area contributed by atoms with E-state index in [2.05, 4.69) is 172 Å². The summed E-state index contributed by atoms with van der Waals surface area (Å²) in [6.07, 6.45) is 0. The van der Waals surface area contributed by atoms with Crippen LogP contribution in [-0.4, -0.2) is 8.31 Å². The molecule has 0 saturated carbocycles. The minimum Gasteiger partial charge on any atom is -0.165 e. The molecule has 0 radical (unpaired) electrons. The summed E-state index contributed by atoms with van der Waals surface area (Å²) in [6, 6.07) is 40.8. The summed E-state index contributed by atoms with van der Waals surface area (Å²) < 4.78 is 1.51. The average molecular weight is 698 g/mol. The van der Waals surface area contributed by atoms with Crippen molar-refractivity contribution in [3.8, 4) is 5.75 Å². The minimum atomic E-state index is -0.00859. The predicted octanol–water partition coefficient (Wildman–Crippen LogP) is 12.8. The Bertz CT molecular complexity index is 2010. The van der Waals surface area contributed by atoms with Gasteiger partial charge in [0.2, 0.25) is 0 Å². The van der Waals surface area contributed by atoms with Crippen molar-refractivity contribution in [2.45, 2.75) is 80.1 Å². The molecule has 1 N–H and O–H groups in total. The maximum absolute atomic E-state index is 9.84. The molecular formula is C45H50OZr. The van der Waals surface area contributed by atoms with Gasteiger partial charge in [0.1, 0.15) is 5.75 Å². The molecule has 47 heavy (non-hydrogen) atoms. The van der Waals surface area contributed by atoms with Crippen LogP contribution in [0.15, 0.2) is 115 Å². The summed E-state index contributed by atoms with van der Waals surface area (Å²) in [5.74, 6) is 0.399. The first-order valence-corrected chi connectivity index (χ1v) is 17.7. The van der Waals surface area contributed by atoms with Gasteiger partial charge >= 0.3 is 41.3 Å². The van der Waals surface area contributed by atoms with Gasteiger partial charge in [-0.05, 0) is 38.8 Å². The number of phenolic OH excluding ortho intramolecular Hbond substituents is 1. The normalized spacial score (nSPS) is 11.4. The summed E-state index contributed by atoms with van der Waals surface area (Å²) in [5.41, 5.74) is 5.10. The molecule has 7 aromatic rings. The molecule has 7 aromatic carbocycles. The smallest absolute Gasteiger partial charge is 0.0370 e. The van der Waals surface area contributed by atoms with E-state index in [1.54, 1.807) is 30.3 Å². The first-order valence-electron chi connectivity index (χ1n) is 16.5. The SMILES string of the molecule is CC(C)(C)c1ccc(O)c(C(C)(C)C)c1.C[C](C)=[Zr+2].Cc1cc2c(ccc3ccccc32)[cH-]1.Cc1cc2c(ccc3ccccc32)[cH-]1. The second-order valence-electron chi connectivity index (χ2n) is 14.9. The molecule has 0 fully saturated rings. The summed E-state index contributed by atoms with van der Waals surface area (Å²) in [7, 11) is 0. The van der Waals surface area contributed by atoms with Gasteiger partial charge in [-0.3, -0.25) is 0 Å². The number of phenols is 1. The molecule has 0 aliphatic carbocycles. The molecule has 1 nitrogen and oxygen atoms in total. The van der Waals surface area contributed by atoms with Crippen molar-refractivity contribution in [3.05, 3.63) is 138 Å². The van der Waals surface area contributed by atoms with Crippen molar-refractivity contribution >= 4 is 46.3 Å². The standard InChI is InChI=1S/C14H22O.2C14H11.C3H6.Zr/c1-13(2,3)10-7-8-12(15)11(9-10)14(4,5)6;2*1-10-8-12-7-6-11-4-2-3-5-13(11)14(12)9-10;1-3-2;/h7-9,15H,1-6H3;2*2-9H,1H3;1-2H3;/q;2*-1;;+2. The number of hydrogen-bond donors (Lipinski definition) is 1. The van der Waals surface area contributed by atoms with Crippen LogP contribution in [0.2, 0.25) is 0 Å². The van der Waals surface area contributed by atoms with Gasteiger partial charge in [-0.25, -0.2) is 0 Å². The van der Waals surface area contributed by atoms with Gasteiger partial charge in [-0.2, -0.15) is 12.1 Å². The summed E-state index contributed by atoms with van der Waals surface area (Å²) in [5, 5.41) is 20.7. The van der Waals surface area contributed by atoms with E-state index < -0.39 is 0 Å². The molecule has 0 aromatic heterocycles. The van der Waals surface area contributed by atoms with Crippen molar-refractivity contribution in [3.63, 3.8) is 0 Å². The maximum atomic E-state index is 9.84. The minimum absolute atomic E-state index is 0.00859. The Kier molecular flexibility index (Phi) is 11.6. The van der Waals surface area contributed by atoms with E-state index in [4.69, 9.17) is 0 Å². The molecule has 0 saturated heterocycles. The molecule has 240 valence electrons. The van der Waals surface area contributed by atoms with E-state index in [0.717, 1.165) is 5.56 Å². The molecule has 0 bridgehead atoms. The Hall–Kier alpha value is -3.61. The van der Waals surface area contributed by atoms with Crippen molar-refractivity contribution in [2.75, 3.05) is 0 Å². The Morgan fingerprint density at radius 1 is 0.553 bits per heavy atom. The molecule has 0 amide bonds. The van der Waals surface area contributed by atoms with Gasteiger partial charge in [0.25, 0.3) is 0 Å². The third kappa shape index (κ3) is 9.49. The number of fused-ring (bicyclic) bond motifs is 6. The van der Waals surface area contributed by atoms with Gasteiger partial charge in [-0.15, -0.1) is 56.9 Å². The van der Waals surface area contributed by atoms with Crippen molar-refractivity contribution in [1.82, 2.24) is 0 Å². The van der Waals surface area contributed by atoms with E-state index in [0.29, 0.717) is 5.75 Å². The van der Waals surface area contributed by atoms with E-state index in [1.807, 2.05) is 6.07 Å². The molecule has 7 rings (SSSR count). The molecule has 0 atom stereocenters. The summed E-state index contributed by atoms with van der Waals surface area (Å²) in [6.45, 7) is 21.5. The second-order valence-corrected chi connectivity index (χ2v) is 17.3. The zero-order chi connectivity index (χ0) is 34.5. The topological polar surface area (TPSA) is 20.2 Å². The fourth-order valence-corrected chi connectivity index (χ4v) is 5.83.